The molecular formula is C8H13N3O2. The SMILES string of the molecule is CC(C)C(C)N=C1NC(=O)C(=O)N1. The summed E-state index contributed by atoms with van der Waals surface area (Å²) in [7, 11) is 0. The van der Waals surface area contributed by atoms with Crippen molar-refractivity contribution >= 4 is 17.8 Å². The Morgan fingerprint density at radius 2 is 1.54 bits per heavy atom. The largest absolute Gasteiger partial charge is 0.316 e. The van der Waals surface area contributed by atoms with Crippen molar-refractivity contribution < 1.29 is 9.59 Å². The number of guanidine groups is 1. The van der Waals surface area contributed by atoms with E-state index in [-0.39, 0.29) is 12.0 Å². The van der Waals surface area contributed by atoms with Gasteiger partial charge in [0.1, 0.15) is 0 Å². The number of aliphatic imine (C=N–C) groups is 1. The van der Waals surface area contributed by atoms with E-state index in [1.807, 2.05) is 20.8 Å². The standard InChI is InChI=1S/C8H13N3O2/c1-4(2)5(3)9-8-10-6(12)7(13)11-8/h4-5H,1-3H3,(H2,9,10,11,12,13). The van der Waals surface area contributed by atoms with Crippen LogP contribution in [0.4, 0.5) is 0 Å². The van der Waals surface area contributed by atoms with Gasteiger partial charge in [0.25, 0.3) is 0 Å². The van der Waals surface area contributed by atoms with Gasteiger partial charge in [0.15, 0.2) is 0 Å². The van der Waals surface area contributed by atoms with Gasteiger partial charge in [-0.1, -0.05) is 13.8 Å². The van der Waals surface area contributed by atoms with E-state index in [0.29, 0.717) is 5.92 Å². The zero-order valence-electron chi connectivity index (χ0n) is 7.92. The van der Waals surface area contributed by atoms with Crippen molar-refractivity contribution in [2.45, 2.75) is 26.8 Å². The average Bonchev–Trinajstić information content (AvgIpc) is 2.31. The molecule has 0 aliphatic carbocycles. The van der Waals surface area contributed by atoms with Crippen LogP contribution >= 0.6 is 0 Å². The minimum atomic E-state index is -0.644. The van der Waals surface area contributed by atoms with Gasteiger partial charge in [-0.25, -0.2) is 4.99 Å². The second-order valence-corrected chi connectivity index (χ2v) is 3.37. The van der Waals surface area contributed by atoms with Gasteiger partial charge in [-0.15, -0.1) is 0 Å². The molecule has 0 spiro atoms. The summed E-state index contributed by atoms with van der Waals surface area (Å²) >= 11 is 0. The van der Waals surface area contributed by atoms with Crippen LogP contribution in [0, 0.1) is 5.92 Å². The summed E-state index contributed by atoms with van der Waals surface area (Å²) < 4.78 is 0. The summed E-state index contributed by atoms with van der Waals surface area (Å²) in [6.07, 6.45) is 0. The third kappa shape index (κ3) is 2.27. The first-order valence-electron chi connectivity index (χ1n) is 4.21. The maximum absolute atomic E-state index is 10.7. The lowest BCUT2D eigenvalue weighted by Gasteiger charge is -2.10. The smallest absolute Gasteiger partial charge is 0.288 e. The lowest BCUT2D eigenvalue weighted by Crippen LogP contribution is -2.28. The number of rotatable bonds is 2. The Balaban J connectivity index is 2.64. The van der Waals surface area contributed by atoms with Crippen molar-refractivity contribution in [2.75, 3.05) is 0 Å². The second-order valence-electron chi connectivity index (χ2n) is 3.37. The minimum Gasteiger partial charge on any atom is -0.288 e. The van der Waals surface area contributed by atoms with Gasteiger partial charge < -0.3 is 0 Å². The van der Waals surface area contributed by atoms with E-state index in [9.17, 15) is 9.59 Å². The Labute approximate surface area is 76.6 Å². The second kappa shape index (κ2) is 3.55. The van der Waals surface area contributed by atoms with Crippen molar-refractivity contribution in [3.63, 3.8) is 0 Å². The van der Waals surface area contributed by atoms with Crippen LogP contribution in [0.25, 0.3) is 0 Å². The monoisotopic (exact) mass is 183 g/mol. The zero-order valence-corrected chi connectivity index (χ0v) is 7.92. The fourth-order valence-corrected chi connectivity index (χ4v) is 0.777. The van der Waals surface area contributed by atoms with Crippen LogP contribution in [-0.2, 0) is 9.59 Å². The average molecular weight is 183 g/mol. The molecule has 0 bridgehead atoms. The van der Waals surface area contributed by atoms with Crippen LogP contribution in [-0.4, -0.2) is 23.8 Å². The van der Waals surface area contributed by atoms with E-state index >= 15 is 0 Å². The maximum atomic E-state index is 10.7. The van der Waals surface area contributed by atoms with E-state index in [1.165, 1.54) is 0 Å². The van der Waals surface area contributed by atoms with E-state index in [1.54, 1.807) is 0 Å². The molecule has 0 aromatic rings. The molecule has 5 heteroatoms. The van der Waals surface area contributed by atoms with Gasteiger partial charge in [0.2, 0.25) is 5.96 Å². The molecular weight excluding hydrogens is 170 g/mol. The van der Waals surface area contributed by atoms with E-state index in [4.69, 9.17) is 0 Å². The number of amides is 2. The molecule has 1 atom stereocenters. The Kier molecular flexibility index (Phi) is 2.65. The first-order valence-corrected chi connectivity index (χ1v) is 4.21. The Bertz CT molecular complexity index is 253. The van der Waals surface area contributed by atoms with Crippen LogP contribution in [0.5, 0.6) is 0 Å². The Hall–Kier alpha value is -1.39. The highest BCUT2D eigenvalue weighted by Crippen LogP contribution is 2.04. The molecule has 0 saturated carbocycles. The fraction of sp³-hybridized carbons (Fsp3) is 0.625. The number of carbonyl (C=O) groups excluding carboxylic acids is 2. The van der Waals surface area contributed by atoms with Crippen LogP contribution in [0.1, 0.15) is 20.8 Å². The molecule has 2 amide bonds. The van der Waals surface area contributed by atoms with Crippen molar-refractivity contribution in [1.29, 1.82) is 0 Å². The van der Waals surface area contributed by atoms with Crippen molar-refractivity contribution in [3.8, 4) is 0 Å². The van der Waals surface area contributed by atoms with Crippen molar-refractivity contribution in [2.24, 2.45) is 10.9 Å². The molecule has 5 nitrogen and oxygen atoms in total. The highest BCUT2D eigenvalue weighted by Gasteiger charge is 2.25. The van der Waals surface area contributed by atoms with Crippen molar-refractivity contribution in [3.05, 3.63) is 0 Å². The third-order valence-electron chi connectivity index (χ3n) is 1.97. The highest BCUT2D eigenvalue weighted by molar-refractivity contribution is 6.45. The number of carbonyl (C=O) groups is 2. The summed E-state index contributed by atoms with van der Waals surface area (Å²) in [5.74, 6) is -0.650. The molecule has 2 N–H and O–H groups in total. The normalized spacial score (nSPS) is 18.6. The molecule has 1 saturated heterocycles. The van der Waals surface area contributed by atoms with Crippen LogP contribution in [0.15, 0.2) is 4.99 Å². The molecule has 1 fully saturated rings. The number of nitrogens with zero attached hydrogens (tertiary/aromatic N) is 1. The number of hydrogen-bond acceptors (Lipinski definition) is 3. The fourth-order valence-electron chi connectivity index (χ4n) is 0.777. The van der Waals surface area contributed by atoms with E-state index in [2.05, 4.69) is 15.6 Å². The highest BCUT2D eigenvalue weighted by atomic mass is 16.2. The molecule has 0 radical (unpaired) electrons. The number of nitrogens with one attached hydrogen (secondary N) is 2. The predicted octanol–water partition coefficient (Wildman–Crippen LogP) is -0.367. The molecule has 72 valence electrons. The quantitative estimate of drug-likeness (QED) is 0.573. The summed E-state index contributed by atoms with van der Waals surface area (Å²) in [5.41, 5.74) is 0. The zero-order chi connectivity index (χ0) is 10.0. The molecule has 1 unspecified atom stereocenters. The molecule has 0 aromatic carbocycles. The topological polar surface area (TPSA) is 70.6 Å². The molecule has 13 heavy (non-hydrogen) atoms. The van der Waals surface area contributed by atoms with Crippen molar-refractivity contribution in [1.82, 2.24) is 10.6 Å². The summed E-state index contributed by atoms with van der Waals surface area (Å²) in [5, 5.41) is 4.68. The summed E-state index contributed by atoms with van der Waals surface area (Å²) in [6, 6.07) is 0.0775. The first-order chi connectivity index (χ1) is 6.00. The van der Waals surface area contributed by atoms with Gasteiger partial charge in [0.05, 0.1) is 6.04 Å². The van der Waals surface area contributed by atoms with Crippen LogP contribution in [0.3, 0.4) is 0 Å². The van der Waals surface area contributed by atoms with Gasteiger partial charge in [-0.2, -0.15) is 0 Å². The molecule has 0 aromatic heterocycles. The predicted molar refractivity (Wildman–Crippen MR) is 48.0 cm³/mol. The van der Waals surface area contributed by atoms with Gasteiger partial charge in [-0.05, 0) is 12.8 Å². The minimum absolute atomic E-state index is 0.0775. The molecule has 1 aliphatic rings. The lowest BCUT2D eigenvalue weighted by atomic mass is 10.1. The molecule has 1 heterocycles. The summed E-state index contributed by atoms with van der Waals surface area (Å²) in [4.78, 5) is 25.6. The van der Waals surface area contributed by atoms with Gasteiger partial charge >= 0.3 is 11.8 Å². The van der Waals surface area contributed by atoms with E-state index in [0.717, 1.165) is 0 Å². The van der Waals surface area contributed by atoms with Crippen LogP contribution < -0.4 is 10.6 Å². The Morgan fingerprint density at radius 1 is 1.08 bits per heavy atom. The van der Waals surface area contributed by atoms with Gasteiger partial charge in [-0.3, -0.25) is 20.2 Å². The number of hydrogen-bond donors (Lipinski definition) is 2. The molecule has 1 rings (SSSR count). The lowest BCUT2D eigenvalue weighted by molar-refractivity contribution is -0.135. The summed E-state index contributed by atoms with van der Waals surface area (Å²) in [6.45, 7) is 5.97. The third-order valence-corrected chi connectivity index (χ3v) is 1.97. The molecule has 1 aliphatic heterocycles. The van der Waals surface area contributed by atoms with Crippen LogP contribution in [0.2, 0.25) is 0 Å². The first kappa shape index (κ1) is 9.70. The van der Waals surface area contributed by atoms with Gasteiger partial charge in [0, 0.05) is 0 Å². The van der Waals surface area contributed by atoms with E-state index < -0.39 is 11.8 Å². The Morgan fingerprint density at radius 3 is 1.92 bits per heavy atom. The maximum Gasteiger partial charge on any atom is 0.316 e.